The molecule has 1 saturated heterocycles. The number of piperidine rings is 1. The van der Waals surface area contributed by atoms with E-state index in [4.69, 9.17) is 0 Å². The van der Waals surface area contributed by atoms with Gasteiger partial charge in [-0.1, -0.05) is 6.92 Å². The van der Waals surface area contributed by atoms with Gasteiger partial charge < -0.3 is 10.0 Å². The molecule has 1 fully saturated rings. The standard InChI is InChI=1S/C11H15BrN2O/c1-8-7-14(6-4-10(8)15)11-9(12)3-2-5-13-11/h2-3,5,8,10,15H,4,6-7H2,1H3. The summed E-state index contributed by atoms with van der Waals surface area (Å²) in [7, 11) is 0. The molecule has 0 radical (unpaired) electrons. The molecule has 0 amide bonds. The van der Waals surface area contributed by atoms with E-state index in [1.807, 2.05) is 12.1 Å². The number of hydrogen-bond donors (Lipinski definition) is 1. The molecule has 1 aromatic heterocycles. The molecule has 0 aliphatic carbocycles. The van der Waals surface area contributed by atoms with Gasteiger partial charge >= 0.3 is 0 Å². The zero-order valence-electron chi connectivity index (χ0n) is 8.73. The Bertz CT molecular complexity index is 345. The van der Waals surface area contributed by atoms with Crippen LogP contribution in [0, 0.1) is 5.92 Å². The second kappa shape index (κ2) is 4.49. The average Bonchev–Trinajstić information content (AvgIpc) is 2.23. The number of halogens is 1. The Hall–Kier alpha value is -0.610. The van der Waals surface area contributed by atoms with Crippen LogP contribution in [0.5, 0.6) is 0 Å². The summed E-state index contributed by atoms with van der Waals surface area (Å²) in [5.41, 5.74) is 0. The molecule has 0 aromatic carbocycles. The Morgan fingerprint density at radius 3 is 3.07 bits per heavy atom. The molecule has 1 aromatic rings. The largest absolute Gasteiger partial charge is 0.393 e. The summed E-state index contributed by atoms with van der Waals surface area (Å²) < 4.78 is 1.02. The third kappa shape index (κ3) is 2.32. The first kappa shape index (κ1) is 10.9. The number of hydrogen-bond acceptors (Lipinski definition) is 3. The molecule has 1 aliphatic rings. The first-order valence-electron chi connectivity index (χ1n) is 5.22. The first-order valence-corrected chi connectivity index (χ1v) is 6.01. The van der Waals surface area contributed by atoms with Gasteiger partial charge in [0.25, 0.3) is 0 Å². The molecular formula is C11H15BrN2O. The number of aromatic nitrogens is 1. The van der Waals surface area contributed by atoms with Crippen molar-refractivity contribution < 1.29 is 5.11 Å². The van der Waals surface area contributed by atoms with Crippen molar-refractivity contribution in [2.24, 2.45) is 5.92 Å². The van der Waals surface area contributed by atoms with Crippen molar-refractivity contribution in [3.8, 4) is 0 Å². The van der Waals surface area contributed by atoms with Crippen molar-refractivity contribution in [3.63, 3.8) is 0 Å². The minimum absolute atomic E-state index is 0.163. The van der Waals surface area contributed by atoms with Gasteiger partial charge in [-0.3, -0.25) is 0 Å². The lowest BCUT2D eigenvalue weighted by Gasteiger charge is -2.35. The highest BCUT2D eigenvalue weighted by Gasteiger charge is 2.25. The van der Waals surface area contributed by atoms with Crippen molar-refractivity contribution in [1.82, 2.24) is 4.98 Å². The average molecular weight is 271 g/mol. The highest BCUT2D eigenvalue weighted by atomic mass is 79.9. The minimum atomic E-state index is -0.163. The van der Waals surface area contributed by atoms with Gasteiger partial charge in [0.2, 0.25) is 0 Å². The summed E-state index contributed by atoms with van der Waals surface area (Å²) in [6, 6.07) is 3.91. The maximum atomic E-state index is 9.65. The van der Waals surface area contributed by atoms with Crippen LogP contribution in [0.2, 0.25) is 0 Å². The summed E-state index contributed by atoms with van der Waals surface area (Å²) in [4.78, 5) is 6.58. The van der Waals surface area contributed by atoms with Crippen molar-refractivity contribution in [2.45, 2.75) is 19.4 Å². The van der Waals surface area contributed by atoms with Gasteiger partial charge in [-0.25, -0.2) is 4.98 Å². The van der Waals surface area contributed by atoms with Gasteiger partial charge in [-0.05, 0) is 40.4 Å². The Labute approximate surface area is 98.3 Å². The third-order valence-electron chi connectivity index (χ3n) is 2.90. The van der Waals surface area contributed by atoms with Gasteiger partial charge in [-0.15, -0.1) is 0 Å². The Morgan fingerprint density at radius 2 is 2.40 bits per heavy atom. The molecule has 2 atom stereocenters. The van der Waals surface area contributed by atoms with E-state index in [-0.39, 0.29) is 6.10 Å². The number of anilines is 1. The number of aliphatic hydroxyl groups is 1. The maximum Gasteiger partial charge on any atom is 0.142 e. The van der Waals surface area contributed by atoms with E-state index in [1.165, 1.54) is 0 Å². The summed E-state index contributed by atoms with van der Waals surface area (Å²) in [5.74, 6) is 1.30. The van der Waals surface area contributed by atoms with Gasteiger partial charge in [-0.2, -0.15) is 0 Å². The SMILES string of the molecule is CC1CN(c2ncccc2Br)CCC1O. The molecule has 82 valence electrons. The molecule has 1 N–H and O–H groups in total. The minimum Gasteiger partial charge on any atom is -0.393 e. The highest BCUT2D eigenvalue weighted by Crippen LogP contribution is 2.27. The molecule has 1 aliphatic heterocycles. The monoisotopic (exact) mass is 270 g/mol. The molecule has 0 bridgehead atoms. The van der Waals surface area contributed by atoms with Crippen LogP contribution in [0.1, 0.15) is 13.3 Å². The van der Waals surface area contributed by atoms with Crippen molar-refractivity contribution >= 4 is 21.7 Å². The lowest BCUT2D eigenvalue weighted by molar-refractivity contribution is 0.0968. The van der Waals surface area contributed by atoms with Crippen LogP contribution in [-0.2, 0) is 0 Å². The van der Waals surface area contributed by atoms with Crippen LogP contribution >= 0.6 is 15.9 Å². The fraction of sp³-hybridized carbons (Fsp3) is 0.545. The van der Waals surface area contributed by atoms with Crippen LogP contribution in [0.15, 0.2) is 22.8 Å². The van der Waals surface area contributed by atoms with Crippen molar-refractivity contribution in [2.75, 3.05) is 18.0 Å². The van der Waals surface area contributed by atoms with Crippen LogP contribution in [0.25, 0.3) is 0 Å². The van der Waals surface area contributed by atoms with E-state index in [9.17, 15) is 5.11 Å². The van der Waals surface area contributed by atoms with Crippen LogP contribution in [0.3, 0.4) is 0 Å². The van der Waals surface area contributed by atoms with Crippen molar-refractivity contribution in [3.05, 3.63) is 22.8 Å². The van der Waals surface area contributed by atoms with E-state index >= 15 is 0 Å². The molecule has 3 nitrogen and oxygen atoms in total. The number of pyridine rings is 1. The fourth-order valence-electron chi connectivity index (χ4n) is 1.94. The second-order valence-corrected chi connectivity index (χ2v) is 4.94. The molecule has 0 saturated carbocycles. The van der Waals surface area contributed by atoms with Crippen LogP contribution in [-0.4, -0.2) is 29.3 Å². The number of nitrogens with zero attached hydrogens (tertiary/aromatic N) is 2. The lowest BCUT2D eigenvalue weighted by atomic mass is 9.97. The third-order valence-corrected chi connectivity index (χ3v) is 3.52. The highest BCUT2D eigenvalue weighted by molar-refractivity contribution is 9.10. The van der Waals surface area contributed by atoms with E-state index in [0.29, 0.717) is 5.92 Å². The van der Waals surface area contributed by atoms with E-state index < -0.39 is 0 Å². The van der Waals surface area contributed by atoms with Gasteiger partial charge in [0.05, 0.1) is 10.6 Å². The van der Waals surface area contributed by atoms with Crippen molar-refractivity contribution in [1.29, 1.82) is 0 Å². The quantitative estimate of drug-likeness (QED) is 0.849. The van der Waals surface area contributed by atoms with E-state index in [1.54, 1.807) is 6.20 Å². The smallest absolute Gasteiger partial charge is 0.142 e. The summed E-state index contributed by atoms with van der Waals surface area (Å²) in [5, 5.41) is 9.65. The molecule has 4 heteroatoms. The summed E-state index contributed by atoms with van der Waals surface area (Å²) in [6.07, 6.45) is 2.46. The Balaban J connectivity index is 2.15. The topological polar surface area (TPSA) is 36.4 Å². The summed E-state index contributed by atoms with van der Waals surface area (Å²) in [6.45, 7) is 3.82. The van der Waals surface area contributed by atoms with Gasteiger partial charge in [0.15, 0.2) is 0 Å². The van der Waals surface area contributed by atoms with Gasteiger partial charge in [0, 0.05) is 19.3 Å². The normalized spacial score (nSPS) is 26.7. The van der Waals surface area contributed by atoms with E-state index in [0.717, 1.165) is 29.8 Å². The molecule has 2 heterocycles. The molecule has 2 rings (SSSR count). The van der Waals surface area contributed by atoms with Crippen LogP contribution < -0.4 is 4.90 Å². The molecule has 15 heavy (non-hydrogen) atoms. The number of rotatable bonds is 1. The molecular weight excluding hydrogens is 256 g/mol. The zero-order chi connectivity index (χ0) is 10.8. The lowest BCUT2D eigenvalue weighted by Crippen LogP contribution is -2.42. The molecule has 2 unspecified atom stereocenters. The number of aliphatic hydroxyl groups excluding tert-OH is 1. The second-order valence-electron chi connectivity index (χ2n) is 4.09. The first-order chi connectivity index (χ1) is 7.18. The predicted octanol–water partition coefficient (Wildman–Crippen LogP) is 2.05. The summed E-state index contributed by atoms with van der Waals surface area (Å²) >= 11 is 3.50. The molecule has 0 spiro atoms. The van der Waals surface area contributed by atoms with E-state index in [2.05, 4.69) is 32.7 Å². The fourth-order valence-corrected chi connectivity index (χ4v) is 2.44. The maximum absolute atomic E-state index is 9.65. The Kier molecular flexibility index (Phi) is 3.26. The Morgan fingerprint density at radius 1 is 1.60 bits per heavy atom. The van der Waals surface area contributed by atoms with Gasteiger partial charge in [0.1, 0.15) is 5.82 Å². The zero-order valence-corrected chi connectivity index (χ0v) is 10.3. The van der Waals surface area contributed by atoms with Crippen LogP contribution in [0.4, 0.5) is 5.82 Å². The predicted molar refractivity (Wildman–Crippen MR) is 63.9 cm³/mol.